The van der Waals surface area contributed by atoms with Gasteiger partial charge in [0.2, 0.25) is 0 Å². The van der Waals surface area contributed by atoms with Crippen LogP contribution < -0.4 is 18.5 Å². The molecule has 0 bridgehead atoms. The number of ether oxygens (including phenoxy) is 3. The Labute approximate surface area is 245 Å². The average Bonchev–Trinajstić information content (AvgIpc) is 3.21. The summed E-state index contributed by atoms with van der Waals surface area (Å²) in [5.74, 6) is -0.869. The molecule has 0 aliphatic carbocycles. The fourth-order valence-corrected chi connectivity index (χ4v) is 7.13. The molecule has 0 fully saturated rings. The van der Waals surface area contributed by atoms with Crippen molar-refractivity contribution in [2.75, 3.05) is 18.5 Å². The van der Waals surface area contributed by atoms with Crippen molar-refractivity contribution in [1.29, 1.82) is 0 Å². The minimum atomic E-state index is -4.66. The third-order valence-corrected chi connectivity index (χ3v) is 9.04. The van der Waals surface area contributed by atoms with Gasteiger partial charge in [-0.25, -0.2) is 17.5 Å². The van der Waals surface area contributed by atoms with E-state index in [0.717, 1.165) is 0 Å². The summed E-state index contributed by atoms with van der Waals surface area (Å²) < 4.78 is 45.0. The maximum Gasteiger partial charge on any atom is 0.511 e. The van der Waals surface area contributed by atoms with E-state index in [1.165, 1.54) is 68.8 Å². The Balaban J connectivity index is 1.90. The number of carboxylic acid groups (broad SMARTS) is 1. The normalized spacial score (nSPS) is 16.3. The molecule has 0 saturated heterocycles. The van der Waals surface area contributed by atoms with E-state index in [2.05, 4.69) is 0 Å². The summed E-state index contributed by atoms with van der Waals surface area (Å²) in [6, 6.07) is 20.7. The van der Waals surface area contributed by atoms with Gasteiger partial charge in [0.05, 0.1) is 19.9 Å². The highest BCUT2D eigenvalue weighted by Gasteiger charge is 2.59. The number of hydrogen-bond donors (Lipinski definition) is 1. The second-order valence-corrected chi connectivity index (χ2v) is 11.4. The molecule has 1 aliphatic heterocycles. The Bertz CT molecular complexity index is 1810. The van der Waals surface area contributed by atoms with Gasteiger partial charge in [0, 0.05) is 27.2 Å². The van der Waals surface area contributed by atoms with Crippen molar-refractivity contribution in [2.45, 2.75) is 10.3 Å². The summed E-state index contributed by atoms with van der Waals surface area (Å²) in [4.78, 5) is 26.3. The van der Waals surface area contributed by atoms with Crippen LogP contribution in [0.15, 0.2) is 89.8 Å². The lowest BCUT2D eigenvalue weighted by Crippen LogP contribution is -2.45. The predicted molar refractivity (Wildman–Crippen MR) is 152 cm³/mol. The molecular weight excluding hydrogens is 593 g/mol. The second-order valence-electron chi connectivity index (χ2n) is 8.85. The number of anilines is 1. The lowest BCUT2D eigenvalue weighted by atomic mass is 9.70. The fourth-order valence-electron chi connectivity index (χ4n) is 5.08. The van der Waals surface area contributed by atoms with Gasteiger partial charge in [-0.15, -0.1) is 0 Å². The topological polar surface area (TPSA) is 119 Å². The van der Waals surface area contributed by atoms with E-state index in [9.17, 15) is 23.1 Å². The second kappa shape index (κ2) is 10.6. The number of methoxy groups -OCH3 is 2. The maximum absolute atomic E-state index is 14.9. The Morgan fingerprint density at radius 3 is 2.17 bits per heavy atom. The summed E-state index contributed by atoms with van der Waals surface area (Å²) in [5, 5.41) is 9.82. The molecule has 0 spiro atoms. The monoisotopic (exact) mass is 613 g/mol. The zero-order chi connectivity index (χ0) is 29.5. The molecule has 1 heterocycles. The number of fused-ring (bicyclic) bond motifs is 1. The number of para-hydroxylation sites is 1. The summed E-state index contributed by atoms with van der Waals surface area (Å²) >= 11 is 13.1. The van der Waals surface area contributed by atoms with Crippen LogP contribution in [0.3, 0.4) is 0 Å². The van der Waals surface area contributed by atoms with Crippen molar-refractivity contribution >= 4 is 51.0 Å². The van der Waals surface area contributed by atoms with Crippen LogP contribution in [-0.2, 0) is 20.2 Å². The van der Waals surface area contributed by atoms with Gasteiger partial charge in [-0.05, 0) is 48.0 Å². The molecule has 5 rings (SSSR count). The number of sulfonamides is 1. The van der Waals surface area contributed by atoms with Gasteiger partial charge in [0.1, 0.15) is 27.6 Å². The van der Waals surface area contributed by atoms with Crippen LogP contribution in [0.25, 0.3) is 0 Å². The van der Waals surface area contributed by atoms with E-state index in [1.807, 2.05) is 0 Å². The first kappa shape index (κ1) is 28.3. The molecule has 1 N–H and O–H groups in total. The quantitative estimate of drug-likeness (QED) is 0.195. The first-order valence-electron chi connectivity index (χ1n) is 11.9. The third-order valence-electron chi connectivity index (χ3n) is 6.74. The first-order chi connectivity index (χ1) is 19.6. The molecule has 41 heavy (non-hydrogen) atoms. The molecule has 9 nitrogen and oxygen atoms in total. The van der Waals surface area contributed by atoms with E-state index < -0.39 is 27.5 Å². The summed E-state index contributed by atoms with van der Waals surface area (Å²) in [6.45, 7) is 0. The molecule has 1 amide bonds. The van der Waals surface area contributed by atoms with E-state index >= 15 is 0 Å². The van der Waals surface area contributed by atoms with E-state index in [-0.39, 0.29) is 48.8 Å². The number of amides is 1. The van der Waals surface area contributed by atoms with Crippen molar-refractivity contribution < 1.29 is 37.3 Å². The smallest absolute Gasteiger partial charge is 0.497 e. The maximum atomic E-state index is 14.9. The number of halogens is 2. The highest BCUT2D eigenvalue weighted by molar-refractivity contribution is 7.93. The number of nitrogens with zero attached hydrogens (tertiary/aromatic N) is 1. The molecule has 4 aromatic rings. The van der Waals surface area contributed by atoms with Crippen LogP contribution in [-0.4, -0.2) is 39.8 Å². The third kappa shape index (κ3) is 4.44. The number of hydrogen-bond acceptors (Lipinski definition) is 7. The number of benzene rings is 4. The summed E-state index contributed by atoms with van der Waals surface area (Å²) in [7, 11) is -1.95. The molecule has 1 unspecified atom stereocenters. The van der Waals surface area contributed by atoms with E-state index in [0.29, 0.717) is 10.1 Å². The molecule has 12 heteroatoms. The zero-order valence-corrected chi connectivity index (χ0v) is 23.8. The SMILES string of the molecule is COc1ccc(S(=O)(=O)N2C(=O)C(c3ccccc3Cl)(c3ccccc3OC(=O)O)c3cc(Cl)ccc32)c(OC)c1. The number of carbonyl (C=O) groups excluding carboxylic acids is 1. The number of carbonyl (C=O) groups is 2. The van der Waals surface area contributed by atoms with Crippen LogP contribution in [0.5, 0.6) is 17.2 Å². The Hall–Kier alpha value is -4.25. The highest BCUT2D eigenvalue weighted by Crippen LogP contribution is 2.56. The average molecular weight is 614 g/mol. The molecule has 0 saturated carbocycles. The summed E-state index contributed by atoms with van der Waals surface area (Å²) in [6.07, 6.45) is -1.63. The molecule has 210 valence electrons. The molecule has 0 radical (unpaired) electrons. The van der Waals surface area contributed by atoms with Crippen molar-refractivity contribution in [1.82, 2.24) is 0 Å². The summed E-state index contributed by atoms with van der Waals surface area (Å²) in [5.41, 5.74) is -1.61. The van der Waals surface area contributed by atoms with Gasteiger partial charge in [0.25, 0.3) is 15.9 Å². The van der Waals surface area contributed by atoms with Gasteiger partial charge in [-0.2, -0.15) is 0 Å². The van der Waals surface area contributed by atoms with Gasteiger partial charge >= 0.3 is 6.16 Å². The van der Waals surface area contributed by atoms with Crippen LogP contribution in [0.1, 0.15) is 16.7 Å². The minimum absolute atomic E-state index is 0.0117. The fraction of sp³-hybridized carbons (Fsp3) is 0.103. The van der Waals surface area contributed by atoms with Crippen LogP contribution in [0.2, 0.25) is 10.0 Å². The largest absolute Gasteiger partial charge is 0.511 e. The van der Waals surface area contributed by atoms with Crippen molar-refractivity contribution in [3.63, 3.8) is 0 Å². The predicted octanol–water partition coefficient (Wildman–Crippen LogP) is 6.14. The van der Waals surface area contributed by atoms with E-state index in [1.54, 1.807) is 30.3 Å². The van der Waals surface area contributed by atoms with Crippen molar-refractivity contribution in [3.05, 3.63) is 112 Å². The molecule has 4 aromatic carbocycles. The molecular formula is C29H21Cl2NO8S. The van der Waals surface area contributed by atoms with Crippen LogP contribution in [0, 0.1) is 0 Å². The van der Waals surface area contributed by atoms with Gasteiger partial charge < -0.3 is 19.3 Å². The Morgan fingerprint density at radius 1 is 0.829 bits per heavy atom. The lowest BCUT2D eigenvalue weighted by Gasteiger charge is -2.32. The molecule has 1 atom stereocenters. The lowest BCUT2D eigenvalue weighted by molar-refractivity contribution is -0.119. The van der Waals surface area contributed by atoms with Crippen molar-refractivity contribution in [2.24, 2.45) is 0 Å². The minimum Gasteiger partial charge on any atom is -0.497 e. The van der Waals surface area contributed by atoms with Crippen molar-refractivity contribution in [3.8, 4) is 17.2 Å². The van der Waals surface area contributed by atoms with Gasteiger partial charge in [-0.3, -0.25) is 4.79 Å². The molecule has 0 aromatic heterocycles. The highest BCUT2D eigenvalue weighted by atomic mass is 35.5. The van der Waals surface area contributed by atoms with Crippen LogP contribution >= 0.6 is 23.2 Å². The van der Waals surface area contributed by atoms with E-state index in [4.69, 9.17) is 37.4 Å². The first-order valence-corrected chi connectivity index (χ1v) is 14.1. The van der Waals surface area contributed by atoms with Gasteiger partial charge in [-0.1, -0.05) is 59.6 Å². The Morgan fingerprint density at radius 2 is 1.51 bits per heavy atom. The standard InChI is InChI=1S/C29H21Cl2NO8S/c1-38-18-12-14-26(25(16-18)39-2)41(36,37)32-23-13-11-17(30)15-21(23)29(27(32)33,19-7-3-5-9-22(19)31)20-8-4-6-10-24(20)40-28(34)35/h3-16H,1-2H3,(H,34,35). The molecule has 1 aliphatic rings. The number of rotatable bonds is 7. The zero-order valence-electron chi connectivity index (χ0n) is 21.5. The van der Waals surface area contributed by atoms with Crippen LogP contribution in [0.4, 0.5) is 10.5 Å². The Kier molecular flexibility index (Phi) is 7.33. The van der Waals surface area contributed by atoms with Gasteiger partial charge in [0.15, 0.2) is 0 Å².